The Bertz CT molecular complexity index is 958. The number of rotatable bonds is 5. The second-order valence-corrected chi connectivity index (χ2v) is 6.65. The lowest BCUT2D eigenvalue weighted by Crippen LogP contribution is -2.29. The number of aromatic nitrogens is 2. The van der Waals surface area contributed by atoms with E-state index < -0.39 is 10.3 Å². The number of hydrogen-bond acceptors (Lipinski definition) is 4. The van der Waals surface area contributed by atoms with Gasteiger partial charge in [-0.3, -0.25) is 14.9 Å². The molecule has 26 heavy (non-hydrogen) atoms. The lowest BCUT2D eigenvalue weighted by molar-refractivity contribution is -0.384. The number of non-ortho nitro benzene ring substituents is 1. The molecular weight excluding hydrogens is 330 g/mol. The van der Waals surface area contributed by atoms with E-state index in [0.29, 0.717) is 5.69 Å². The molecule has 0 amide bonds. The highest BCUT2D eigenvalue weighted by molar-refractivity contribution is 5.87. The maximum absolute atomic E-state index is 12.2. The molecule has 6 heteroatoms. The van der Waals surface area contributed by atoms with E-state index in [1.165, 1.54) is 12.1 Å². The van der Waals surface area contributed by atoms with E-state index in [1.54, 1.807) is 23.7 Å². The molecular formula is C20H19N3O3. The third-order valence-corrected chi connectivity index (χ3v) is 4.60. The van der Waals surface area contributed by atoms with E-state index in [2.05, 4.69) is 5.10 Å². The highest BCUT2D eigenvalue weighted by Gasteiger charge is 2.31. The normalized spacial score (nSPS) is 11.3. The molecule has 0 fully saturated rings. The number of nitro benzene ring substituents is 1. The smallest absolute Gasteiger partial charge is 0.269 e. The molecule has 0 aliphatic carbocycles. The van der Waals surface area contributed by atoms with Crippen LogP contribution in [0.3, 0.4) is 0 Å². The van der Waals surface area contributed by atoms with Crippen molar-refractivity contribution in [1.29, 1.82) is 0 Å². The van der Waals surface area contributed by atoms with Gasteiger partial charge >= 0.3 is 0 Å². The van der Waals surface area contributed by atoms with E-state index in [0.717, 1.165) is 17.0 Å². The number of nitro groups is 1. The van der Waals surface area contributed by atoms with Crippen molar-refractivity contribution in [3.8, 4) is 16.9 Å². The third-order valence-electron chi connectivity index (χ3n) is 4.60. The summed E-state index contributed by atoms with van der Waals surface area (Å²) in [4.78, 5) is 22.7. The van der Waals surface area contributed by atoms with Crippen LogP contribution in [0.2, 0.25) is 0 Å². The minimum Gasteiger partial charge on any atom is -0.299 e. The van der Waals surface area contributed by atoms with Gasteiger partial charge in [0.05, 0.1) is 27.4 Å². The van der Waals surface area contributed by atoms with Crippen LogP contribution >= 0.6 is 0 Å². The molecule has 0 saturated heterocycles. The molecule has 1 heterocycles. The second kappa shape index (κ2) is 6.55. The van der Waals surface area contributed by atoms with Gasteiger partial charge in [0, 0.05) is 17.7 Å². The molecule has 3 rings (SSSR count). The zero-order chi connectivity index (χ0) is 18.9. The quantitative estimate of drug-likeness (QED) is 0.508. The van der Waals surface area contributed by atoms with E-state index in [9.17, 15) is 14.9 Å². The Balaban J connectivity index is 2.17. The van der Waals surface area contributed by atoms with Crippen molar-refractivity contribution in [2.45, 2.75) is 26.2 Å². The number of nitrogens with zero attached hydrogens (tertiary/aromatic N) is 3. The summed E-state index contributed by atoms with van der Waals surface area (Å²) in [6, 6.07) is 17.7. The summed E-state index contributed by atoms with van der Waals surface area (Å²) in [5.74, 6) is 0.0140. The molecule has 0 aliphatic heterocycles. The summed E-state index contributed by atoms with van der Waals surface area (Å²) >= 11 is 0. The van der Waals surface area contributed by atoms with Gasteiger partial charge in [0.2, 0.25) is 0 Å². The van der Waals surface area contributed by atoms with Gasteiger partial charge in [-0.15, -0.1) is 0 Å². The van der Waals surface area contributed by atoms with Crippen LogP contribution in [0.5, 0.6) is 0 Å². The first kappa shape index (κ1) is 17.5. The first-order chi connectivity index (χ1) is 12.3. The van der Waals surface area contributed by atoms with Crippen LogP contribution in [0.15, 0.2) is 60.7 Å². The number of benzene rings is 2. The van der Waals surface area contributed by atoms with Gasteiger partial charge in [-0.05, 0) is 39.0 Å². The average Bonchev–Trinajstić information content (AvgIpc) is 3.08. The van der Waals surface area contributed by atoms with Gasteiger partial charge in [-0.25, -0.2) is 4.68 Å². The van der Waals surface area contributed by atoms with Crippen LogP contribution in [0, 0.1) is 10.1 Å². The molecule has 0 aliphatic rings. The molecule has 6 nitrogen and oxygen atoms in total. The van der Waals surface area contributed by atoms with E-state index in [-0.39, 0.29) is 11.5 Å². The summed E-state index contributed by atoms with van der Waals surface area (Å²) in [7, 11) is 0. The van der Waals surface area contributed by atoms with Crippen LogP contribution in [-0.4, -0.2) is 20.5 Å². The van der Waals surface area contributed by atoms with Crippen molar-refractivity contribution in [3.05, 3.63) is 76.5 Å². The molecule has 0 unspecified atom stereocenters. The van der Waals surface area contributed by atoms with E-state index >= 15 is 0 Å². The fraction of sp³-hybridized carbons (Fsp3) is 0.200. The zero-order valence-electron chi connectivity index (χ0n) is 14.8. The zero-order valence-corrected chi connectivity index (χ0v) is 14.8. The lowest BCUT2D eigenvalue weighted by atomic mass is 9.84. The van der Waals surface area contributed by atoms with Gasteiger partial charge in [0.25, 0.3) is 5.69 Å². The Morgan fingerprint density at radius 1 is 1.08 bits per heavy atom. The Morgan fingerprint density at radius 3 is 2.23 bits per heavy atom. The van der Waals surface area contributed by atoms with Crippen LogP contribution in [0.1, 0.15) is 26.5 Å². The molecule has 132 valence electrons. The number of Topliss-reactive ketones (excluding diaryl/α,β-unsaturated/α-hetero) is 1. The predicted molar refractivity (Wildman–Crippen MR) is 99.4 cm³/mol. The van der Waals surface area contributed by atoms with Crippen molar-refractivity contribution >= 4 is 11.5 Å². The summed E-state index contributed by atoms with van der Waals surface area (Å²) in [6.45, 7) is 5.25. The first-order valence-electron chi connectivity index (χ1n) is 8.22. The molecule has 1 aromatic heterocycles. The molecule has 0 bridgehead atoms. The summed E-state index contributed by atoms with van der Waals surface area (Å²) in [6.07, 6.45) is 0. The SMILES string of the molecule is CC(=O)C(C)(C)c1cc(-c2ccccc2)nn1-c1ccc([N+](=O)[O-])cc1. The van der Waals surface area contributed by atoms with Crippen LogP contribution in [-0.2, 0) is 10.2 Å². The van der Waals surface area contributed by atoms with Gasteiger partial charge in [0.1, 0.15) is 5.78 Å². The Morgan fingerprint density at radius 2 is 1.69 bits per heavy atom. The molecule has 0 radical (unpaired) electrons. The van der Waals surface area contributed by atoms with Crippen molar-refractivity contribution in [3.63, 3.8) is 0 Å². The molecule has 0 spiro atoms. The third kappa shape index (κ3) is 3.13. The predicted octanol–water partition coefficient (Wildman–Crippen LogP) is 4.31. The number of hydrogen-bond donors (Lipinski definition) is 0. The standard InChI is InChI=1S/C20H19N3O3/c1-14(24)20(2,3)19-13-18(15-7-5-4-6-8-15)21-22(19)16-9-11-17(12-10-16)23(25)26/h4-13H,1-3H3. The van der Waals surface area contributed by atoms with Gasteiger partial charge in [-0.1, -0.05) is 30.3 Å². The lowest BCUT2D eigenvalue weighted by Gasteiger charge is -2.22. The summed E-state index contributed by atoms with van der Waals surface area (Å²) in [5, 5.41) is 15.6. The fourth-order valence-corrected chi connectivity index (χ4v) is 2.67. The summed E-state index contributed by atoms with van der Waals surface area (Å²) in [5.41, 5.74) is 2.35. The average molecular weight is 349 g/mol. The number of ketones is 1. The first-order valence-corrected chi connectivity index (χ1v) is 8.22. The summed E-state index contributed by atoms with van der Waals surface area (Å²) < 4.78 is 1.69. The van der Waals surface area contributed by atoms with Crippen molar-refractivity contribution in [2.75, 3.05) is 0 Å². The molecule has 3 aromatic rings. The monoisotopic (exact) mass is 349 g/mol. The number of carbonyl (C=O) groups is 1. The fourth-order valence-electron chi connectivity index (χ4n) is 2.67. The maximum Gasteiger partial charge on any atom is 0.269 e. The van der Waals surface area contributed by atoms with E-state index in [4.69, 9.17) is 0 Å². The van der Waals surface area contributed by atoms with E-state index in [1.807, 2.05) is 50.2 Å². The maximum atomic E-state index is 12.2. The Kier molecular flexibility index (Phi) is 4.42. The molecule has 0 N–H and O–H groups in total. The van der Waals surface area contributed by atoms with Gasteiger partial charge in [-0.2, -0.15) is 5.10 Å². The van der Waals surface area contributed by atoms with Gasteiger partial charge in [0.15, 0.2) is 0 Å². The minimum atomic E-state index is -0.748. The van der Waals surface area contributed by atoms with Crippen LogP contribution < -0.4 is 0 Å². The van der Waals surface area contributed by atoms with Crippen LogP contribution in [0.4, 0.5) is 5.69 Å². The topological polar surface area (TPSA) is 78.0 Å². The Labute approximate surface area is 151 Å². The van der Waals surface area contributed by atoms with Crippen molar-refractivity contribution in [2.24, 2.45) is 0 Å². The highest BCUT2D eigenvalue weighted by atomic mass is 16.6. The largest absolute Gasteiger partial charge is 0.299 e. The minimum absolute atomic E-state index is 0.0107. The molecule has 0 atom stereocenters. The second-order valence-electron chi connectivity index (χ2n) is 6.65. The van der Waals surface area contributed by atoms with Crippen molar-refractivity contribution < 1.29 is 9.72 Å². The van der Waals surface area contributed by atoms with Crippen LogP contribution in [0.25, 0.3) is 16.9 Å². The van der Waals surface area contributed by atoms with Crippen molar-refractivity contribution in [1.82, 2.24) is 9.78 Å². The number of carbonyl (C=O) groups excluding carboxylic acids is 1. The molecule has 0 saturated carbocycles. The highest BCUT2D eigenvalue weighted by Crippen LogP contribution is 2.31. The Hall–Kier alpha value is -3.28. The van der Waals surface area contributed by atoms with Gasteiger partial charge < -0.3 is 0 Å². The molecule has 2 aromatic carbocycles.